The van der Waals surface area contributed by atoms with Crippen molar-refractivity contribution < 1.29 is 13.9 Å². The number of ether oxygens (including phenoxy) is 1. The van der Waals surface area contributed by atoms with Gasteiger partial charge in [-0.05, 0) is 17.7 Å². The Balaban J connectivity index is 2.26. The molecule has 0 fully saturated rings. The molecule has 3 nitrogen and oxygen atoms in total. The zero-order valence-corrected chi connectivity index (χ0v) is 8.41. The second-order valence-electron chi connectivity index (χ2n) is 3.14. The van der Waals surface area contributed by atoms with Crippen LogP contribution in [0.25, 0.3) is 0 Å². The third kappa shape index (κ3) is 4.56. The van der Waals surface area contributed by atoms with Gasteiger partial charge in [0.1, 0.15) is 5.82 Å². The molecule has 4 heteroatoms. The Morgan fingerprint density at radius 1 is 1.33 bits per heavy atom. The first-order chi connectivity index (χ1) is 7.22. The summed E-state index contributed by atoms with van der Waals surface area (Å²) in [5, 5.41) is 0. The highest BCUT2D eigenvalue weighted by Gasteiger charge is 2.00. The Bertz CT molecular complexity index is 311. The van der Waals surface area contributed by atoms with Gasteiger partial charge in [0.2, 0.25) is 0 Å². The van der Waals surface area contributed by atoms with Crippen LogP contribution in [0.1, 0.15) is 12.0 Å². The van der Waals surface area contributed by atoms with E-state index in [0.717, 1.165) is 5.56 Å². The van der Waals surface area contributed by atoms with Crippen molar-refractivity contribution in [3.63, 3.8) is 0 Å². The summed E-state index contributed by atoms with van der Waals surface area (Å²) in [5.74, 6) is -0.557. The summed E-state index contributed by atoms with van der Waals surface area (Å²) in [6, 6.07) is 6.12. The number of halogens is 1. The van der Waals surface area contributed by atoms with Crippen LogP contribution in [-0.2, 0) is 16.0 Å². The van der Waals surface area contributed by atoms with Crippen LogP contribution in [0.4, 0.5) is 4.39 Å². The number of hydrogen-bond donors (Lipinski definition) is 1. The SMILES string of the molecule is NCCC(=O)OCCc1ccc(F)cc1. The van der Waals surface area contributed by atoms with E-state index in [1.807, 2.05) is 0 Å². The standard InChI is InChI=1S/C11H14FNO2/c12-10-3-1-9(2-4-10)6-8-15-11(14)5-7-13/h1-4H,5-8,13H2. The van der Waals surface area contributed by atoms with Crippen molar-refractivity contribution in [1.29, 1.82) is 0 Å². The van der Waals surface area contributed by atoms with Crippen LogP contribution in [-0.4, -0.2) is 19.1 Å². The maximum Gasteiger partial charge on any atom is 0.307 e. The lowest BCUT2D eigenvalue weighted by Crippen LogP contribution is -2.12. The van der Waals surface area contributed by atoms with Gasteiger partial charge in [0.15, 0.2) is 0 Å². The monoisotopic (exact) mass is 211 g/mol. The van der Waals surface area contributed by atoms with Gasteiger partial charge in [-0.15, -0.1) is 0 Å². The Hall–Kier alpha value is -1.42. The third-order valence-corrected chi connectivity index (χ3v) is 1.92. The number of benzene rings is 1. The zero-order chi connectivity index (χ0) is 11.1. The molecular weight excluding hydrogens is 197 g/mol. The molecular formula is C11H14FNO2. The number of carbonyl (C=O) groups is 1. The molecule has 0 aliphatic carbocycles. The number of carbonyl (C=O) groups excluding carboxylic acids is 1. The summed E-state index contributed by atoms with van der Waals surface area (Å²) in [5.41, 5.74) is 6.13. The molecule has 0 heterocycles. The van der Waals surface area contributed by atoms with Crippen molar-refractivity contribution in [1.82, 2.24) is 0 Å². The van der Waals surface area contributed by atoms with Gasteiger partial charge in [-0.2, -0.15) is 0 Å². The first-order valence-electron chi connectivity index (χ1n) is 4.82. The molecule has 0 bridgehead atoms. The molecule has 2 N–H and O–H groups in total. The quantitative estimate of drug-likeness (QED) is 0.746. The van der Waals surface area contributed by atoms with Gasteiger partial charge < -0.3 is 10.5 Å². The second kappa shape index (κ2) is 6.14. The molecule has 0 aliphatic rings. The average Bonchev–Trinajstić information content (AvgIpc) is 2.21. The topological polar surface area (TPSA) is 52.3 Å². The molecule has 0 amide bonds. The smallest absolute Gasteiger partial charge is 0.307 e. The second-order valence-corrected chi connectivity index (χ2v) is 3.14. The van der Waals surface area contributed by atoms with Crippen molar-refractivity contribution in [2.24, 2.45) is 5.73 Å². The molecule has 1 aromatic carbocycles. The maximum absolute atomic E-state index is 12.5. The highest BCUT2D eigenvalue weighted by molar-refractivity contribution is 5.69. The van der Waals surface area contributed by atoms with Crippen LogP contribution in [0.3, 0.4) is 0 Å². The highest BCUT2D eigenvalue weighted by Crippen LogP contribution is 2.03. The molecule has 1 rings (SSSR count). The van der Waals surface area contributed by atoms with Crippen LogP contribution >= 0.6 is 0 Å². The van der Waals surface area contributed by atoms with Crippen molar-refractivity contribution >= 4 is 5.97 Å². The molecule has 0 saturated carbocycles. The molecule has 0 aromatic heterocycles. The fourth-order valence-electron chi connectivity index (χ4n) is 1.12. The Morgan fingerprint density at radius 3 is 2.60 bits per heavy atom. The lowest BCUT2D eigenvalue weighted by atomic mass is 10.2. The van der Waals surface area contributed by atoms with Crippen molar-refractivity contribution in [2.75, 3.05) is 13.2 Å². The van der Waals surface area contributed by atoms with E-state index in [9.17, 15) is 9.18 Å². The molecule has 0 atom stereocenters. The van der Waals surface area contributed by atoms with E-state index in [2.05, 4.69) is 0 Å². The fraction of sp³-hybridized carbons (Fsp3) is 0.364. The lowest BCUT2D eigenvalue weighted by molar-refractivity contribution is -0.143. The van der Waals surface area contributed by atoms with Gasteiger partial charge in [0.25, 0.3) is 0 Å². The predicted octanol–water partition coefficient (Wildman–Crippen LogP) is 1.26. The predicted molar refractivity (Wildman–Crippen MR) is 54.7 cm³/mol. The molecule has 15 heavy (non-hydrogen) atoms. The van der Waals surface area contributed by atoms with Crippen molar-refractivity contribution in [3.8, 4) is 0 Å². The summed E-state index contributed by atoms with van der Waals surface area (Å²) in [7, 11) is 0. The van der Waals surface area contributed by atoms with E-state index in [0.29, 0.717) is 19.6 Å². The van der Waals surface area contributed by atoms with Crippen LogP contribution < -0.4 is 5.73 Å². The molecule has 0 saturated heterocycles. The number of nitrogens with two attached hydrogens (primary N) is 1. The van der Waals surface area contributed by atoms with Gasteiger partial charge in [-0.1, -0.05) is 12.1 Å². The third-order valence-electron chi connectivity index (χ3n) is 1.92. The van der Waals surface area contributed by atoms with Gasteiger partial charge in [0, 0.05) is 13.0 Å². The van der Waals surface area contributed by atoms with E-state index in [-0.39, 0.29) is 18.2 Å². The minimum atomic E-state index is -0.292. The lowest BCUT2D eigenvalue weighted by Gasteiger charge is -2.03. The van der Waals surface area contributed by atoms with E-state index >= 15 is 0 Å². The first-order valence-corrected chi connectivity index (χ1v) is 4.82. The Kier molecular flexibility index (Phi) is 4.77. The van der Waals surface area contributed by atoms with Gasteiger partial charge in [-0.25, -0.2) is 4.39 Å². The zero-order valence-electron chi connectivity index (χ0n) is 8.41. The normalized spacial score (nSPS) is 10.0. The Morgan fingerprint density at radius 2 is 2.00 bits per heavy atom. The fourth-order valence-corrected chi connectivity index (χ4v) is 1.12. The van der Waals surface area contributed by atoms with E-state index in [4.69, 9.17) is 10.5 Å². The van der Waals surface area contributed by atoms with E-state index < -0.39 is 0 Å². The first kappa shape index (κ1) is 11.7. The summed E-state index contributed by atoms with van der Waals surface area (Å²) in [6.45, 7) is 0.611. The molecule has 0 aliphatic heterocycles. The van der Waals surface area contributed by atoms with Gasteiger partial charge in [0.05, 0.1) is 13.0 Å². The van der Waals surface area contributed by atoms with Crippen LogP contribution in [0.15, 0.2) is 24.3 Å². The highest BCUT2D eigenvalue weighted by atomic mass is 19.1. The van der Waals surface area contributed by atoms with Crippen LogP contribution in [0.5, 0.6) is 0 Å². The molecule has 0 spiro atoms. The maximum atomic E-state index is 12.5. The van der Waals surface area contributed by atoms with Crippen LogP contribution in [0.2, 0.25) is 0 Å². The summed E-state index contributed by atoms with van der Waals surface area (Å²) < 4.78 is 17.4. The summed E-state index contributed by atoms with van der Waals surface area (Å²) >= 11 is 0. The van der Waals surface area contributed by atoms with E-state index in [1.54, 1.807) is 12.1 Å². The Labute approximate surface area is 88.0 Å². The molecule has 0 unspecified atom stereocenters. The van der Waals surface area contributed by atoms with Crippen LogP contribution in [0, 0.1) is 5.82 Å². The van der Waals surface area contributed by atoms with Gasteiger partial charge in [-0.3, -0.25) is 4.79 Å². The number of hydrogen-bond acceptors (Lipinski definition) is 3. The molecule has 82 valence electrons. The minimum absolute atomic E-state index is 0.240. The number of esters is 1. The van der Waals surface area contributed by atoms with Crippen molar-refractivity contribution in [2.45, 2.75) is 12.8 Å². The molecule has 0 radical (unpaired) electrons. The largest absolute Gasteiger partial charge is 0.465 e. The minimum Gasteiger partial charge on any atom is -0.465 e. The van der Waals surface area contributed by atoms with Gasteiger partial charge >= 0.3 is 5.97 Å². The average molecular weight is 211 g/mol. The number of rotatable bonds is 5. The summed E-state index contributed by atoms with van der Waals surface area (Å²) in [4.78, 5) is 10.9. The van der Waals surface area contributed by atoms with E-state index in [1.165, 1.54) is 12.1 Å². The van der Waals surface area contributed by atoms with Crippen molar-refractivity contribution in [3.05, 3.63) is 35.6 Å². The summed E-state index contributed by atoms with van der Waals surface area (Å²) in [6.07, 6.45) is 0.833. The molecule has 1 aromatic rings.